The van der Waals surface area contributed by atoms with Gasteiger partial charge in [0.15, 0.2) is 0 Å². The van der Waals surface area contributed by atoms with Crippen molar-refractivity contribution in [3.63, 3.8) is 0 Å². The number of pyridine rings is 1. The van der Waals surface area contributed by atoms with Gasteiger partial charge in [-0.3, -0.25) is 4.79 Å². The van der Waals surface area contributed by atoms with Gasteiger partial charge < -0.3 is 15.4 Å². The molecule has 0 aliphatic carbocycles. The number of aromatic nitrogens is 1. The van der Waals surface area contributed by atoms with Crippen molar-refractivity contribution in [2.75, 3.05) is 17.7 Å². The zero-order valence-corrected chi connectivity index (χ0v) is 15.1. The second-order valence-electron chi connectivity index (χ2n) is 5.25. The van der Waals surface area contributed by atoms with Crippen LogP contribution in [0.15, 0.2) is 71.3 Å². The van der Waals surface area contributed by atoms with E-state index in [4.69, 9.17) is 4.74 Å². The van der Waals surface area contributed by atoms with Gasteiger partial charge in [-0.25, -0.2) is 4.98 Å². The minimum Gasteiger partial charge on any atom is -0.497 e. The van der Waals surface area contributed by atoms with Crippen LogP contribution in [0.3, 0.4) is 0 Å². The Morgan fingerprint density at radius 1 is 1.00 bits per heavy atom. The van der Waals surface area contributed by atoms with Gasteiger partial charge in [0.2, 0.25) is 0 Å². The van der Waals surface area contributed by atoms with Crippen LogP contribution in [0.2, 0.25) is 0 Å². The van der Waals surface area contributed by atoms with E-state index in [1.54, 1.807) is 19.4 Å². The van der Waals surface area contributed by atoms with E-state index in [-0.39, 0.29) is 5.91 Å². The molecule has 6 heteroatoms. The fourth-order valence-electron chi connectivity index (χ4n) is 2.23. The number of hydrogen-bond acceptors (Lipinski definition) is 4. The summed E-state index contributed by atoms with van der Waals surface area (Å²) in [5.74, 6) is 0.508. The highest BCUT2D eigenvalue weighted by Gasteiger charge is 2.08. The Bertz CT molecular complexity index is 882. The number of rotatable bonds is 5. The van der Waals surface area contributed by atoms with Crippen LogP contribution in [-0.4, -0.2) is 18.0 Å². The highest BCUT2D eigenvalue weighted by Crippen LogP contribution is 2.21. The van der Waals surface area contributed by atoms with Gasteiger partial charge in [-0.2, -0.15) is 0 Å². The molecule has 0 aliphatic heterocycles. The largest absolute Gasteiger partial charge is 0.497 e. The molecule has 0 saturated carbocycles. The molecule has 1 amide bonds. The monoisotopic (exact) mass is 397 g/mol. The number of amides is 1. The van der Waals surface area contributed by atoms with Crippen LogP contribution in [0.5, 0.6) is 5.75 Å². The number of halogens is 1. The first-order valence-corrected chi connectivity index (χ1v) is 8.37. The van der Waals surface area contributed by atoms with E-state index in [2.05, 4.69) is 31.5 Å². The van der Waals surface area contributed by atoms with E-state index in [0.717, 1.165) is 21.6 Å². The molecular formula is C19H16BrN3O2. The number of benzene rings is 2. The predicted molar refractivity (Wildman–Crippen MR) is 103 cm³/mol. The lowest BCUT2D eigenvalue weighted by atomic mass is 10.2. The Hall–Kier alpha value is -2.86. The van der Waals surface area contributed by atoms with Crippen molar-refractivity contribution in [3.05, 3.63) is 77.0 Å². The van der Waals surface area contributed by atoms with Crippen molar-refractivity contribution in [2.24, 2.45) is 0 Å². The fourth-order valence-corrected chi connectivity index (χ4v) is 2.63. The van der Waals surface area contributed by atoms with Crippen molar-refractivity contribution >= 4 is 38.9 Å². The maximum absolute atomic E-state index is 12.3. The van der Waals surface area contributed by atoms with Crippen LogP contribution in [0, 0.1) is 0 Å². The van der Waals surface area contributed by atoms with Crippen LogP contribution in [0.4, 0.5) is 17.1 Å². The molecule has 126 valence electrons. The zero-order chi connectivity index (χ0) is 17.6. The summed E-state index contributed by atoms with van der Waals surface area (Å²) < 4.78 is 6.10. The molecule has 2 aromatic carbocycles. The lowest BCUT2D eigenvalue weighted by molar-refractivity contribution is 0.102. The molecular weight excluding hydrogens is 382 g/mol. The van der Waals surface area contributed by atoms with Crippen molar-refractivity contribution in [1.29, 1.82) is 0 Å². The van der Waals surface area contributed by atoms with E-state index < -0.39 is 0 Å². The Morgan fingerprint density at radius 3 is 2.52 bits per heavy atom. The standard InChI is InChI=1S/C19H16BrN3O2/c1-25-17-7-3-6-15(11-17)22-16-8-9-18(21-12-16)19(24)23-14-5-2-4-13(20)10-14/h2-12,22H,1H3,(H,23,24). The molecule has 0 bridgehead atoms. The molecule has 0 aliphatic rings. The molecule has 0 atom stereocenters. The van der Waals surface area contributed by atoms with Gasteiger partial charge in [-0.05, 0) is 42.5 Å². The van der Waals surface area contributed by atoms with Crippen LogP contribution >= 0.6 is 15.9 Å². The van der Waals surface area contributed by atoms with Crippen molar-refractivity contribution in [1.82, 2.24) is 4.98 Å². The summed E-state index contributed by atoms with van der Waals surface area (Å²) in [6, 6.07) is 18.5. The first-order valence-electron chi connectivity index (χ1n) is 7.58. The second-order valence-corrected chi connectivity index (χ2v) is 6.17. The first-order chi connectivity index (χ1) is 12.1. The lowest BCUT2D eigenvalue weighted by Crippen LogP contribution is -2.13. The molecule has 2 N–H and O–H groups in total. The van der Waals surface area contributed by atoms with Gasteiger partial charge >= 0.3 is 0 Å². The molecule has 1 heterocycles. The van der Waals surface area contributed by atoms with E-state index in [0.29, 0.717) is 11.4 Å². The van der Waals surface area contributed by atoms with E-state index in [9.17, 15) is 4.79 Å². The van der Waals surface area contributed by atoms with Gasteiger partial charge in [-0.1, -0.05) is 28.1 Å². The molecule has 0 fully saturated rings. The Morgan fingerprint density at radius 2 is 1.80 bits per heavy atom. The van der Waals surface area contributed by atoms with Crippen molar-refractivity contribution in [2.45, 2.75) is 0 Å². The number of hydrogen-bond donors (Lipinski definition) is 2. The second kappa shape index (κ2) is 7.81. The molecule has 25 heavy (non-hydrogen) atoms. The summed E-state index contributed by atoms with van der Waals surface area (Å²) in [6.45, 7) is 0. The Kier molecular flexibility index (Phi) is 5.30. The quantitative estimate of drug-likeness (QED) is 0.645. The zero-order valence-electron chi connectivity index (χ0n) is 13.5. The minimum absolute atomic E-state index is 0.258. The number of carbonyl (C=O) groups is 1. The number of carbonyl (C=O) groups excluding carboxylic acids is 1. The summed E-state index contributed by atoms with van der Waals surface area (Å²) in [5, 5.41) is 6.04. The van der Waals surface area contributed by atoms with Crippen LogP contribution < -0.4 is 15.4 Å². The maximum atomic E-state index is 12.3. The number of nitrogens with one attached hydrogen (secondary N) is 2. The lowest BCUT2D eigenvalue weighted by Gasteiger charge is -2.09. The third kappa shape index (κ3) is 4.58. The highest BCUT2D eigenvalue weighted by molar-refractivity contribution is 9.10. The van der Waals surface area contributed by atoms with Gasteiger partial charge in [0.25, 0.3) is 5.91 Å². The first kappa shape index (κ1) is 17.0. The summed E-state index contributed by atoms with van der Waals surface area (Å²) >= 11 is 3.38. The van der Waals surface area contributed by atoms with E-state index in [1.165, 1.54) is 0 Å². The van der Waals surface area contributed by atoms with Gasteiger partial charge in [-0.15, -0.1) is 0 Å². The van der Waals surface area contributed by atoms with Crippen LogP contribution in [0.1, 0.15) is 10.5 Å². The summed E-state index contributed by atoms with van der Waals surface area (Å²) in [5.41, 5.74) is 2.72. The SMILES string of the molecule is COc1cccc(Nc2ccc(C(=O)Nc3cccc(Br)c3)nc2)c1. The molecule has 0 saturated heterocycles. The van der Waals surface area contributed by atoms with E-state index >= 15 is 0 Å². The minimum atomic E-state index is -0.258. The third-order valence-electron chi connectivity index (χ3n) is 3.44. The maximum Gasteiger partial charge on any atom is 0.274 e. The van der Waals surface area contributed by atoms with Crippen molar-refractivity contribution < 1.29 is 9.53 Å². The molecule has 1 aromatic heterocycles. The highest BCUT2D eigenvalue weighted by atomic mass is 79.9. The Balaban J connectivity index is 1.68. The average Bonchev–Trinajstić information content (AvgIpc) is 2.62. The predicted octanol–water partition coefficient (Wildman–Crippen LogP) is 4.85. The van der Waals surface area contributed by atoms with Crippen molar-refractivity contribution in [3.8, 4) is 5.75 Å². The molecule has 0 radical (unpaired) electrons. The third-order valence-corrected chi connectivity index (χ3v) is 3.93. The van der Waals surface area contributed by atoms with Gasteiger partial charge in [0.05, 0.1) is 19.0 Å². The summed E-state index contributed by atoms with van der Waals surface area (Å²) in [7, 11) is 1.62. The number of methoxy groups -OCH3 is 1. The smallest absolute Gasteiger partial charge is 0.274 e. The van der Waals surface area contributed by atoms with E-state index in [1.807, 2.05) is 54.6 Å². The molecule has 0 unspecified atom stereocenters. The van der Waals surface area contributed by atoms with Crippen LogP contribution in [0.25, 0.3) is 0 Å². The van der Waals surface area contributed by atoms with Gasteiger partial charge in [0.1, 0.15) is 11.4 Å². The fraction of sp³-hybridized carbons (Fsp3) is 0.0526. The number of ether oxygens (including phenoxy) is 1. The normalized spacial score (nSPS) is 10.2. The summed E-state index contributed by atoms with van der Waals surface area (Å²) in [4.78, 5) is 16.5. The molecule has 5 nitrogen and oxygen atoms in total. The summed E-state index contributed by atoms with van der Waals surface area (Å²) in [6.07, 6.45) is 1.62. The number of anilines is 3. The van der Waals surface area contributed by atoms with Gasteiger partial charge in [0, 0.05) is 21.9 Å². The molecule has 0 spiro atoms. The molecule has 3 aromatic rings. The Labute approximate surface area is 154 Å². The molecule has 3 rings (SSSR count). The van der Waals surface area contributed by atoms with Crippen LogP contribution in [-0.2, 0) is 0 Å². The average molecular weight is 398 g/mol. The topological polar surface area (TPSA) is 63.2 Å². The number of nitrogens with zero attached hydrogens (tertiary/aromatic N) is 1.